The highest BCUT2D eigenvalue weighted by atomic mass is 16.5. The van der Waals surface area contributed by atoms with E-state index in [4.69, 9.17) is 18.6 Å². The topological polar surface area (TPSA) is 70.8 Å². The molecular weight excluding hydrogens is 418 g/mol. The third kappa shape index (κ3) is 5.60. The van der Waals surface area contributed by atoms with E-state index in [9.17, 15) is 4.79 Å². The van der Waals surface area contributed by atoms with E-state index in [1.807, 2.05) is 60.7 Å². The van der Waals surface area contributed by atoms with Crippen LogP contribution in [0.3, 0.4) is 0 Å². The monoisotopic (exact) mass is 443 g/mol. The van der Waals surface area contributed by atoms with Gasteiger partial charge in [0.05, 0.1) is 32.8 Å². The molecule has 0 unspecified atom stereocenters. The van der Waals surface area contributed by atoms with E-state index in [1.54, 1.807) is 26.4 Å². The fourth-order valence-electron chi connectivity index (χ4n) is 3.52. The number of hydrogen-bond donors (Lipinski definition) is 0. The molecule has 0 aliphatic heterocycles. The molecule has 0 radical (unpaired) electrons. The fourth-order valence-corrected chi connectivity index (χ4v) is 3.52. The lowest BCUT2D eigenvalue weighted by Gasteiger charge is -2.11. The summed E-state index contributed by atoms with van der Waals surface area (Å²) in [6, 6.07) is 22.7. The van der Waals surface area contributed by atoms with Gasteiger partial charge in [-0.25, -0.2) is 4.98 Å². The lowest BCUT2D eigenvalue weighted by Crippen LogP contribution is -2.04. The Labute approximate surface area is 192 Å². The molecule has 2 aromatic carbocycles. The maximum Gasteiger partial charge on any atom is 0.213 e. The lowest BCUT2D eigenvalue weighted by atomic mass is 10.0. The zero-order valence-electron chi connectivity index (χ0n) is 18.6. The molecular formula is C27H25NO5. The maximum absolute atomic E-state index is 12.3. The predicted molar refractivity (Wildman–Crippen MR) is 125 cm³/mol. The summed E-state index contributed by atoms with van der Waals surface area (Å²) in [6.45, 7) is 0.476. The number of ether oxygens (including phenoxy) is 3. The second-order valence-electron chi connectivity index (χ2n) is 7.43. The molecule has 0 spiro atoms. The van der Waals surface area contributed by atoms with E-state index in [0.29, 0.717) is 36.2 Å². The Bertz CT molecular complexity index is 1220. The molecule has 0 atom stereocenters. The molecule has 2 heterocycles. The molecule has 0 saturated heterocycles. The first-order valence-corrected chi connectivity index (χ1v) is 10.6. The SMILES string of the molecule is COc1ccc(CCOc2cccc(-c3cccc(CC(=O)c4ccco4)c3)n2)cc1OC. The van der Waals surface area contributed by atoms with Gasteiger partial charge in [-0.1, -0.05) is 30.3 Å². The number of furan rings is 1. The van der Waals surface area contributed by atoms with Crippen LogP contribution in [0, 0.1) is 0 Å². The van der Waals surface area contributed by atoms with Crippen molar-refractivity contribution in [2.75, 3.05) is 20.8 Å². The average Bonchev–Trinajstić information content (AvgIpc) is 3.40. The number of carbonyl (C=O) groups excluding carboxylic acids is 1. The van der Waals surface area contributed by atoms with Crippen molar-refractivity contribution in [2.24, 2.45) is 0 Å². The Morgan fingerprint density at radius 1 is 0.879 bits per heavy atom. The molecule has 168 valence electrons. The number of nitrogens with zero attached hydrogens (tertiary/aromatic N) is 1. The van der Waals surface area contributed by atoms with Crippen molar-refractivity contribution in [1.29, 1.82) is 0 Å². The summed E-state index contributed by atoms with van der Waals surface area (Å²) in [5, 5.41) is 0. The number of aromatic nitrogens is 1. The fraction of sp³-hybridized carbons (Fsp3) is 0.185. The van der Waals surface area contributed by atoms with Crippen LogP contribution in [0.1, 0.15) is 21.7 Å². The first-order chi connectivity index (χ1) is 16.2. The van der Waals surface area contributed by atoms with Crippen LogP contribution in [0.15, 0.2) is 83.5 Å². The van der Waals surface area contributed by atoms with E-state index in [-0.39, 0.29) is 12.2 Å². The summed E-state index contributed by atoms with van der Waals surface area (Å²) in [4.78, 5) is 17.0. The van der Waals surface area contributed by atoms with Gasteiger partial charge in [-0.3, -0.25) is 4.79 Å². The van der Waals surface area contributed by atoms with Gasteiger partial charge in [-0.15, -0.1) is 0 Å². The number of carbonyl (C=O) groups is 1. The maximum atomic E-state index is 12.3. The molecule has 33 heavy (non-hydrogen) atoms. The predicted octanol–water partition coefficient (Wildman–Crippen LogP) is 5.41. The zero-order chi connectivity index (χ0) is 23.0. The van der Waals surface area contributed by atoms with Gasteiger partial charge < -0.3 is 18.6 Å². The second kappa shape index (κ2) is 10.5. The summed E-state index contributed by atoms with van der Waals surface area (Å²) in [6.07, 6.45) is 2.48. The van der Waals surface area contributed by atoms with Gasteiger partial charge in [0.2, 0.25) is 11.7 Å². The van der Waals surface area contributed by atoms with Gasteiger partial charge in [-0.2, -0.15) is 0 Å². The van der Waals surface area contributed by atoms with E-state index in [0.717, 1.165) is 22.4 Å². The van der Waals surface area contributed by atoms with Crippen molar-refractivity contribution in [3.8, 4) is 28.6 Å². The summed E-state index contributed by atoms with van der Waals surface area (Å²) in [5.41, 5.74) is 3.68. The number of Topliss-reactive ketones (excluding diaryl/α,β-unsaturated/α-hetero) is 1. The van der Waals surface area contributed by atoms with Gasteiger partial charge in [0, 0.05) is 24.5 Å². The van der Waals surface area contributed by atoms with Crippen LogP contribution < -0.4 is 14.2 Å². The summed E-state index contributed by atoms with van der Waals surface area (Å²) < 4.78 is 21.7. The Hall–Kier alpha value is -4.06. The van der Waals surface area contributed by atoms with Crippen LogP contribution in [0.2, 0.25) is 0 Å². The first-order valence-electron chi connectivity index (χ1n) is 10.6. The highest BCUT2D eigenvalue weighted by molar-refractivity contribution is 5.95. The Morgan fingerprint density at radius 2 is 1.73 bits per heavy atom. The normalized spacial score (nSPS) is 10.6. The highest BCUT2D eigenvalue weighted by Crippen LogP contribution is 2.28. The minimum atomic E-state index is -0.0580. The Kier molecular flexibility index (Phi) is 7.05. The minimum Gasteiger partial charge on any atom is -0.493 e. The number of rotatable bonds is 10. The molecule has 6 heteroatoms. The van der Waals surface area contributed by atoms with E-state index >= 15 is 0 Å². The summed E-state index contributed by atoms with van der Waals surface area (Å²) in [5.74, 6) is 2.25. The number of ketones is 1. The molecule has 0 aliphatic rings. The Balaban J connectivity index is 1.40. The molecule has 0 bridgehead atoms. The van der Waals surface area contributed by atoms with Crippen molar-refractivity contribution in [2.45, 2.75) is 12.8 Å². The summed E-state index contributed by atoms with van der Waals surface area (Å²) >= 11 is 0. The highest BCUT2D eigenvalue weighted by Gasteiger charge is 2.11. The smallest absolute Gasteiger partial charge is 0.213 e. The van der Waals surface area contributed by atoms with Gasteiger partial charge in [0.15, 0.2) is 17.3 Å². The first kappa shape index (κ1) is 22.1. The number of methoxy groups -OCH3 is 2. The summed E-state index contributed by atoms with van der Waals surface area (Å²) in [7, 11) is 3.24. The van der Waals surface area contributed by atoms with Crippen LogP contribution in [-0.4, -0.2) is 31.6 Å². The van der Waals surface area contributed by atoms with Crippen LogP contribution in [0.4, 0.5) is 0 Å². The van der Waals surface area contributed by atoms with Gasteiger partial charge >= 0.3 is 0 Å². The molecule has 4 aromatic rings. The van der Waals surface area contributed by atoms with E-state index in [2.05, 4.69) is 4.98 Å². The van der Waals surface area contributed by atoms with E-state index in [1.165, 1.54) is 6.26 Å². The third-order valence-corrected chi connectivity index (χ3v) is 5.20. The number of benzene rings is 2. The largest absolute Gasteiger partial charge is 0.493 e. The van der Waals surface area contributed by atoms with Gasteiger partial charge in [0.25, 0.3) is 0 Å². The zero-order valence-corrected chi connectivity index (χ0v) is 18.6. The van der Waals surface area contributed by atoms with Crippen molar-refractivity contribution in [3.05, 3.63) is 95.9 Å². The number of hydrogen-bond acceptors (Lipinski definition) is 6. The molecule has 6 nitrogen and oxygen atoms in total. The van der Waals surface area contributed by atoms with Crippen molar-refractivity contribution < 1.29 is 23.4 Å². The van der Waals surface area contributed by atoms with Crippen molar-refractivity contribution >= 4 is 5.78 Å². The van der Waals surface area contributed by atoms with Crippen molar-refractivity contribution in [3.63, 3.8) is 0 Å². The van der Waals surface area contributed by atoms with Crippen LogP contribution in [0.5, 0.6) is 17.4 Å². The quantitative estimate of drug-likeness (QED) is 0.306. The molecule has 4 rings (SSSR count). The number of pyridine rings is 1. The standard InChI is InChI=1S/C27H25NO5/c1-30-25-12-11-19(18-26(25)31-2)13-15-33-27-10-4-8-22(28-27)21-7-3-6-20(16-21)17-23(29)24-9-5-14-32-24/h3-12,14,16,18H,13,15,17H2,1-2H3. The van der Waals surface area contributed by atoms with E-state index < -0.39 is 0 Å². The van der Waals surface area contributed by atoms with Crippen LogP contribution in [-0.2, 0) is 12.8 Å². The van der Waals surface area contributed by atoms with Crippen LogP contribution >= 0.6 is 0 Å². The second-order valence-corrected chi connectivity index (χ2v) is 7.43. The third-order valence-electron chi connectivity index (χ3n) is 5.20. The molecule has 0 N–H and O–H groups in total. The Morgan fingerprint density at radius 3 is 2.52 bits per heavy atom. The van der Waals surface area contributed by atoms with Gasteiger partial charge in [-0.05, 0) is 47.5 Å². The van der Waals surface area contributed by atoms with Gasteiger partial charge in [0.1, 0.15) is 0 Å². The lowest BCUT2D eigenvalue weighted by molar-refractivity contribution is 0.0966. The molecule has 0 saturated carbocycles. The van der Waals surface area contributed by atoms with Crippen molar-refractivity contribution in [1.82, 2.24) is 4.98 Å². The molecule has 0 amide bonds. The molecule has 0 fully saturated rings. The molecule has 2 aromatic heterocycles. The average molecular weight is 443 g/mol. The minimum absolute atomic E-state index is 0.0580. The van der Waals surface area contributed by atoms with Crippen LogP contribution in [0.25, 0.3) is 11.3 Å². The molecule has 0 aliphatic carbocycles.